The fourth-order valence-electron chi connectivity index (χ4n) is 2.61. The molecule has 0 heterocycles. The number of hydrogen-bond acceptors (Lipinski definition) is 6. The van der Waals surface area contributed by atoms with Crippen LogP contribution in [0.2, 0.25) is 0 Å². The molecule has 0 saturated carbocycles. The zero-order chi connectivity index (χ0) is 20.8. The quantitative estimate of drug-likeness (QED) is 0.369. The Bertz CT molecular complexity index is 727. The molecule has 0 aromatic heterocycles. The van der Waals surface area contributed by atoms with E-state index in [0.717, 1.165) is 12.1 Å². The number of hydrogen-bond donors (Lipinski definition) is 0. The van der Waals surface area contributed by atoms with Gasteiger partial charge >= 0.3 is 11.9 Å². The Morgan fingerprint density at radius 2 is 1.41 bits per heavy atom. The van der Waals surface area contributed by atoms with Crippen molar-refractivity contribution in [3.05, 3.63) is 34.9 Å². The molecule has 1 aromatic carbocycles. The van der Waals surface area contributed by atoms with Crippen molar-refractivity contribution in [2.45, 2.75) is 59.2 Å². The van der Waals surface area contributed by atoms with Crippen LogP contribution in [0.5, 0.6) is 0 Å². The maximum absolute atomic E-state index is 14.3. The first kappa shape index (κ1) is 22.4. The Kier molecular flexibility index (Phi) is 7.75. The number of esters is 2. The molecule has 148 valence electrons. The second-order valence-corrected chi connectivity index (χ2v) is 6.05. The van der Waals surface area contributed by atoms with Crippen LogP contribution < -0.4 is 0 Å². The predicted octanol–water partition coefficient (Wildman–Crippen LogP) is 3.13. The van der Waals surface area contributed by atoms with Crippen LogP contribution in [0.4, 0.5) is 8.78 Å². The van der Waals surface area contributed by atoms with Gasteiger partial charge in [0.1, 0.15) is 24.4 Å². The lowest BCUT2D eigenvalue weighted by Crippen LogP contribution is -2.39. The molecular formula is C19H22F2O6. The predicted molar refractivity (Wildman–Crippen MR) is 90.5 cm³/mol. The smallest absolute Gasteiger partial charge is 0.316 e. The molecule has 0 N–H and O–H groups in total. The summed E-state index contributed by atoms with van der Waals surface area (Å²) in [6.45, 7) is 5.40. The lowest BCUT2D eigenvalue weighted by molar-refractivity contribution is -0.235. The van der Waals surface area contributed by atoms with Crippen LogP contribution in [0, 0.1) is 11.6 Å². The van der Waals surface area contributed by atoms with Crippen molar-refractivity contribution in [1.29, 1.82) is 0 Å². The Morgan fingerprint density at radius 3 is 1.78 bits per heavy atom. The maximum atomic E-state index is 14.3. The zero-order valence-electron chi connectivity index (χ0n) is 15.7. The molecule has 1 aromatic rings. The van der Waals surface area contributed by atoms with Gasteiger partial charge in [0.15, 0.2) is 11.6 Å². The summed E-state index contributed by atoms with van der Waals surface area (Å²) in [5.41, 5.74) is -0.191. The summed E-state index contributed by atoms with van der Waals surface area (Å²) in [7, 11) is 0. The maximum Gasteiger partial charge on any atom is 0.316 e. The van der Waals surface area contributed by atoms with Crippen molar-refractivity contribution in [2.75, 3.05) is 0 Å². The SMILES string of the molecule is CCc1c(C(CC)(OC(=O)CC(C)=O)OC(=O)CC(C)=O)ccc(F)c1F. The molecular weight excluding hydrogens is 362 g/mol. The number of ketones is 2. The van der Waals surface area contributed by atoms with Gasteiger partial charge < -0.3 is 9.47 Å². The van der Waals surface area contributed by atoms with Crippen LogP contribution in [0.15, 0.2) is 12.1 Å². The number of benzene rings is 1. The second-order valence-electron chi connectivity index (χ2n) is 6.05. The molecule has 1 rings (SSSR count). The highest BCUT2D eigenvalue weighted by molar-refractivity contribution is 5.95. The highest BCUT2D eigenvalue weighted by atomic mass is 19.2. The fraction of sp³-hybridized carbons (Fsp3) is 0.474. The van der Waals surface area contributed by atoms with Gasteiger partial charge in [-0.3, -0.25) is 19.2 Å². The van der Waals surface area contributed by atoms with E-state index < -0.39 is 53.8 Å². The Hall–Kier alpha value is -2.64. The van der Waals surface area contributed by atoms with E-state index in [9.17, 15) is 28.0 Å². The highest BCUT2D eigenvalue weighted by Gasteiger charge is 2.42. The van der Waals surface area contributed by atoms with E-state index in [2.05, 4.69) is 0 Å². The van der Waals surface area contributed by atoms with Gasteiger partial charge in [0.05, 0.1) is 0 Å². The first-order valence-electron chi connectivity index (χ1n) is 8.46. The average molecular weight is 384 g/mol. The van der Waals surface area contributed by atoms with Gasteiger partial charge in [-0.05, 0) is 32.4 Å². The minimum Gasteiger partial charge on any atom is -0.418 e. The second kappa shape index (κ2) is 9.34. The standard InChI is InChI=1S/C19H22F2O6/c1-5-13-14(7-8-15(20)18(13)21)19(6-2,26-16(24)9-11(3)22)27-17(25)10-12(4)23/h7-8H,5-6,9-10H2,1-4H3. The van der Waals surface area contributed by atoms with Crippen LogP contribution in [-0.4, -0.2) is 23.5 Å². The van der Waals surface area contributed by atoms with E-state index in [4.69, 9.17) is 9.47 Å². The zero-order valence-corrected chi connectivity index (χ0v) is 15.7. The molecule has 27 heavy (non-hydrogen) atoms. The molecule has 0 aliphatic rings. The lowest BCUT2D eigenvalue weighted by Gasteiger charge is -2.33. The third-order valence-electron chi connectivity index (χ3n) is 3.77. The molecule has 6 nitrogen and oxygen atoms in total. The number of carbonyl (C=O) groups excluding carboxylic acids is 4. The van der Waals surface area contributed by atoms with E-state index >= 15 is 0 Å². The molecule has 0 radical (unpaired) electrons. The van der Waals surface area contributed by atoms with Crippen molar-refractivity contribution >= 4 is 23.5 Å². The van der Waals surface area contributed by atoms with Crippen molar-refractivity contribution < 1.29 is 37.4 Å². The van der Waals surface area contributed by atoms with Crippen LogP contribution >= 0.6 is 0 Å². The van der Waals surface area contributed by atoms with E-state index in [1.54, 1.807) is 6.92 Å². The number of carbonyl (C=O) groups is 4. The van der Waals surface area contributed by atoms with Crippen LogP contribution in [0.3, 0.4) is 0 Å². The van der Waals surface area contributed by atoms with Gasteiger partial charge in [-0.2, -0.15) is 0 Å². The molecule has 8 heteroatoms. The first-order valence-corrected chi connectivity index (χ1v) is 8.46. The minimum absolute atomic E-state index is 0.0230. The van der Waals surface area contributed by atoms with Gasteiger partial charge in [-0.15, -0.1) is 0 Å². The summed E-state index contributed by atoms with van der Waals surface area (Å²) < 4.78 is 38.4. The van der Waals surface area contributed by atoms with Gasteiger partial charge in [0.2, 0.25) is 0 Å². The molecule has 0 aliphatic carbocycles. The van der Waals surface area contributed by atoms with Gasteiger partial charge in [-0.1, -0.05) is 13.8 Å². The topological polar surface area (TPSA) is 86.7 Å². The summed E-state index contributed by atoms with van der Waals surface area (Å²) in [5, 5.41) is 0. The molecule has 0 unspecified atom stereocenters. The Morgan fingerprint density at radius 1 is 0.926 bits per heavy atom. The van der Waals surface area contributed by atoms with E-state index in [0.29, 0.717) is 0 Å². The molecule has 0 saturated heterocycles. The van der Waals surface area contributed by atoms with Crippen molar-refractivity contribution in [2.24, 2.45) is 0 Å². The Balaban J connectivity index is 3.49. The molecule has 0 amide bonds. The summed E-state index contributed by atoms with van der Waals surface area (Å²) in [5.74, 6) is -7.30. The summed E-state index contributed by atoms with van der Waals surface area (Å²) >= 11 is 0. The third kappa shape index (κ3) is 5.67. The number of rotatable bonds is 9. The molecule has 0 bridgehead atoms. The number of halogens is 2. The lowest BCUT2D eigenvalue weighted by atomic mass is 9.94. The normalized spacial score (nSPS) is 11.0. The Labute approximate surface area is 155 Å². The summed E-state index contributed by atoms with van der Waals surface area (Å²) in [4.78, 5) is 46.6. The third-order valence-corrected chi connectivity index (χ3v) is 3.77. The van der Waals surface area contributed by atoms with Crippen molar-refractivity contribution in [3.8, 4) is 0 Å². The monoisotopic (exact) mass is 384 g/mol. The largest absolute Gasteiger partial charge is 0.418 e. The molecule has 0 aliphatic heterocycles. The van der Waals surface area contributed by atoms with Gasteiger partial charge in [0.25, 0.3) is 5.79 Å². The fourth-order valence-corrected chi connectivity index (χ4v) is 2.61. The number of Topliss-reactive ketones (excluding diaryl/α,β-unsaturated/α-hetero) is 2. The van der Waals surface area contributed by atoms with Crippen LogP contribution in [0.25, 0.3) is 0 Å². The average Bonchev–Trinajstić information content (AvgIpc) is 2.54. The molecule has 0 fully saturated rings. The van der Waals surface area contributed by atoms with E-state index in [-0.39, 0.29) is 24.0 Å². The van der Waals surface area contributed by atoms with Crippen LogP contribution in [0.1, 0.15) is 58.1 Å². The van der Waals surface area contributed by atoms with Crippen molar-refractivity contribution in [3.63, 3.8) is 0 Å². The first-order chi connectivity index (χ1) is 12.6. The number of ether oxygens (including phenoxy) is 2. The van der Waals surface area contributed by atoms with Gasteiger partial charge in [-0.25, -0.2) is 8.78 Å². The van der Waals surface area contributed by atoms with E-state index in [1.807, 2.05) is 0 Å². The van der Waals surface area contributed by atoms with Crippen LogP contribution in [-0.2, 0) is 40.9 Å². The summed E-state index contributed by atoms with van der Waals surface area (Å²) in [6, 6.07) is 1.98. The van der Waals surface area contributed by atoms with Gasteiger partial charge in [0, 0.05) is 17.5 Å². The molecule has 0 spiro atoms. The summed E-state index contributed by atoms with van der Waals surface area (Å²) in [6.07, 6.45) is -1.29. The minimum atomic E-state index is -2.08. The molecule has 0 atom stereocenters. The van der Waals surface area contributed by atoms with E-state index in [1.165, 1.54) is 20.8 Å². The van der Waals surface area contributed by atoms with Crippen molar-refractivity contribution in [1.82, 2.24) is 0 Å². The highest BCUT2D eigenvalue weighted by Crippen LogP contribution is 2.36.